The van der Waals surface area contributed by atoms with Gasteiger partial charge in [0.25, 0.3) is 5.91 Å². The lowest BCUT2D eigenvalue weighted by molar-refractivity contribution is 0.102. The van der Waals surface area contributed by atoms with Gasteiger partial charge < -0.3 is 10.6 Å². The molecule has 4 rings (SSSR count). The second-order valence-corrected chi connectivity index (χ2v) is 8.15. The van der Waals surface area contributed by atoms with Crippen LogP contribution in [0, 0.1) is 13.8 Å². The van der Waals surface area contributed by atoms with Gasteiger partial charge in [-0.15, -0.1) is 0 Å². The number of nitrogens with zero attached hydrogens (tertiary/aromatic N) is 2. The molecule has 3 amide bonds. The molecule has 0 atom stereocenters. The predicted octanol–water partition coefficient (Wildman–Crippen LogP) is 4.63. The summed E-state index contributed by atoms with van der Waals surface area (Å²) in [6.07, 6.45) is 1.69. The van der Waals surface area contributed by atoms with Crippen molar-refractivity contribution in [2.75, 3.05) is 23.3 Å². The quantitative estimate of drug-likeness (QED) is 0.633. The second-order valence-electron chi connectivity index (χ2n) is 7.09. The van der Waals surface area contributed by atoms with Gasteiger partial charge in [-0.3, -0.25) is 9.69 Å². The van der Waals surface area contributed by atoms with E-state index in [1.54, 1.807) is 29.3 Å². The summed E-state index contributed by atoms with van der Waals surface area (Å²) in [4.78, 5) is 32.0. The fourth-order valence-corrected chi connectivity index (χ4v) is 4.18. The maximum absolute atomic E-state index is 13.0. The number of hydrogen-bond acceptors (Lipinski definition) is 4. The molecule has 2 N–H and O–H groups in total. The van der Waals surface area contributed by atoms with Crippen LogP contribution in [0.2, 0.25) is 0 Å². The molecular formula is C23H22N4O2S. The van der Waals surface area contributed by atoms with Crippen LogP contribution in [0.5, 0.6) is 0 Å². The van der Waals surface area contributed by atoms with Gasteiger partial charge in [0.1, 0.15) is 5.03 Å². The molecule has 1 fully saturated rings. The number of hydrogen-bond donors (Lipinski definition) is 2. The van der Waals surface area contributed by atoms with Crippen LogP contribution in [0.4, 0.5) is 16.2 Å². The molecule has 2 aromatic carbocycles. The molecule has 7 heteroatoms. The van der Waals surface area contributed by atoms with E-state index < -0.39 is 0 Å². The number of aromatic nitrogens is 1. The van der Waals surface area contributed by atoms with Gasteiger partial charge in [0.2, 0.25) is 0 Å². The summed E-state index contributed by atoms with van der Waals surface area (Å²) in [7, 11) is 0. The zero-order valence-corrected chi connectivity index (χ0v) is 17.6. The predicted molar refractivity (Wildman–Crippen MR) is 119 cm³/mol. The summed E-state index contributed by atoms with van der Waals surface area (Å²) in [5.74, 6) is -0.238. The molecular weight excluding hydrogens is 396 g/mol. The summed E-state index contributed by atoms with van der Waals surface area (Å²) in [5.41, 5.74) is 4.31. The summed E-state index contributed by atoms with van der Waals surface area (Å²) >= 11 is 1.47. The maximum Gasteiger partial charge on any atom is 0.321 e. The first-order valence-electron chi connectivity index (χ1n) is 9.68. The van der Waals surface area contributed by atoms with Crippen LogP contribution in [0.3, 0.4) is 0 Å². The van der Waals surface area contributed by atoms with Gasteiger partial charge in [0, 0.05) is 35.6 Å². The third-order valence-corrected chi connectivity index (χ3v) is 5.99. The smallest absolute Gasteiger partial charge is 0.321 e. The van der Waals surface area contributed by atoms with Crippen LogP contribution >= 0.6 is 11.8 Å². The first-order valence-corrected chi connectivity index (χ1v) is 10.5. The Bertz CT molecular complexity index is 1120. The van der Waals surface area contributed by atoms with E-state index in [1.807, 2.05) is 24.3 Å². The monoisotopic (exact) mass is 418 g/mol. The summed E-state index contributed by atoms with van der Waals surface area (Å²) in [5, 5.41) is 6.36. The van der Waals surface area contributed by atoms with Crippen LogP contribution in [-0.4, -0.2) is 30.0 Å². The lowest BCUT2D eigenvalue weighted by Gasteiger charge is -2.16. The molecule has 1 aliphatic rings. The van der Waals surface area contributed by atoms with E-state index >= 15 is 0 Å². The molecule has 6 nitrogen and oxygen atoms in total. The van der Waals surface area contributed by atoms with Gasteiger partial charge in [0.05, 0.1) is 5.56 Å². The number of urea groups is 1. The Kier molecular flexibility index (Phi) is 5.72. The van der Waals surface area contributed by atoms with Crippen LogP contribution < -0.4 is 15.5 Å². The van der Waals surface area contributed by atoms with Crippen molar-refractivity contribution in [3.05, 3.63) is 77.5 Å². The van der Waals surface area contributed by atoms with Gasteiger partial charge in [-0.25, -0.2) is 9.78 Å². The van der Waals surface area contributed by atoms with Gasteiger partial charge in [-0.05, 0) is 67.4 Å². The summed E-state index contributed by atoms with van der Waals surface area (Å²) in [6.45, 7) is 5.36. The lowest BCUT2D eigenvalue weighted by atomic mass is 10.1. The van der Waals surface area contributed by atoms with E-state index in [1.165, 1.54) is 22.9 Å². The number of pyridine rings is 1. The number of carbonyl (C=O) groups excluding carboxylic acids is 2. The van der Waals surface area contributed by atoms with Crippen molar-refractivity contribution in [2.24, 2.45) is 0 Å². The number of amides is 3. The highest BCUT2D eigenvalue weighted by molar-refractivity contribution is 7.99. The van der Waals surface area contributed by atoms with Crippen molar-refractivity contribution < 1.29 is 9.59 Å². The molecule has 0 spiro atoms. The van der Waals surface area contributed by atoms with Gasteiger partial charge in [-0.2, -0.15) is 0 Å². The lowest BCUT2D eigenvalue weighted by Crippen LogP contribution is -2.27. The van der Waals surface area contributed by atoms with Crippen molar-refractivity contribution in [1.82, 2.24) is 10.3 Å². The third kappa shape index (κ3) is 4.31. The number of rotatable bonds is 5. The third-order valence-electron chi connectivity index (χ3n) is 4.98. The Labute approximate surface area is 179 Å². The minimum atomic E-state index is -0.238. The largest absolute Gasteiger partial charge is 0.336 e. The van der Waals surface area contributed by atoms with E-state index in [-0.39, 0.29) is 11.9 Å². The van der Waals surface area contributed by atoms with Crippen LogP contribution in [0.15, 0.2) is 70.7 Å². The Morgan fingerprint density at radius 3 is 2.73 bits per heavy atom. The van der Waals surface area contributed by atoms with E-state index in [9.17, 15) is 9.59 Å². The maximum atomic E-state index is 13.0. The Balaban J connectivity index is 1.54. The van der Waals surface area contributed by atoms with Crippen molar-refractivity contribution >= 4 is 35.1 Å². The number of benzene rings is 2. The number of nitrogens with one attached hydrogen (secondary N) is 2. The average molecular weight is 419 g/mol. The van der Waals surface area contributed by atoms with Gasteiger partial charge >= 0.3 is 6.03 Å². The fraction of sp³-hybridized carbons (Fsp3) is 0.174. The zero-order valence-electron chi connectivity index (χ0n) is 16.8. The minimum Gasteiger partial charge on any atom is -0.336 e. The van der Waals surface area contributed by atoms with E-state index in [4.69, 9.17) is 0 Å². The molecule has 0 bridgehead atoms. The highest BCUT2D eigenvalue weighted by Crippen LogP contribution is 2.30. The molecule has 1 aromatic heterocycles. The normalized spacial score (nSPS) is 13.3. The Morgan fingerprint density at radius 2 is 1.97 bits per heavy atom. The molecule has 0 radical (unpaired) electrons. The van der Waals surface area contributed by atoms with E-state index in [0.717, 1.165) is 10.6 Å². The molecule has 0 aliphatic carbocycles. The number of anilines is 2. The van der Waals surface area contributed by atoms with Crippen molar-refractivity contribution in [1.29, 1.82) is 0 Å². The topological polar surface area (TPSA) is 74.3 Å². The van der Waals surface area contributed by atoms with Gasteiger partial charge in [-0.1, -0.05) is 23.9 Å². The van der Waals surface area contributed by atoms with E-state index in [2.05, 4.69) is 41.6 Å². The SMILES string of the molecule is Cc1ccc(Sc2ncccc2C(=O)Nc2cccc(N3CCNC3=O)c2)cc1C. The fourth-order valence-electron chi connectivity index (χ4n) is 3.20. The van der Waals surface area contributed by atoms with Crippen LogP contribution in [0.25, 0.3) is 0 Å². The first kappa shape index (κ1) is 20.0. The molecule has 1 saturated heterocycles. The Morgan fingerprint density at radius 1 is 1.10 bits per heavy atom. The molecule has 152 valence electrons. The zero-order chi connectivity index (χ0) is 21.1. The van der Waals surface area contributed by atoms with Crippen molar-refractivity contribution in [3.63, 3.8) is 0 Å². The number of carbonyl (C=O) groups is 2. The van der Waals surface area contributed by atoms with Crippen molar-refractivity contribution in [3.8, 4) is 0 Å². The molecule has 1 aliphatic heterocycles. The summed E-state index contributed by atoms with van der Waals surface area (Å²) < 4.78 is 0. The van der Waals surface area contributed by atoms with Crippen LogP contribution in [0.1, 0.15) is 21.5 Å². The highest BCUT2D eigenvalue weighted by Gasteiger charge is 2.21. The molecule has 0 saturated carbocycles. The first-order chi connectivity index (χ1) is 14.5. The highest BCUT2D eigenvalue weighted by atomic mass is 32.2. The van der Waals surface area contributed by atoms with Crippen molar-refractivity contribution in [2.45, 2.75) is 23.8 Å². The van der Waals surface area contributed by atoms with Crippen LogP contribution in [-0.2, 0) is 0 Å². The van der Waals surface area contributed by atoms with E-state index in [0.29, 0.717) is 29.4 Å². The molecule has 3 aromatic rings. The Hall–Kier alpha value is -3.32. The minimum absolute atomic E-state index is 0.127. The second kappa shape index (κ2) is 8.59. The number of aryl methyl sites for hydroxylation is 2. The van der Waals surface area contributed by atoms with Gasteiger partial charge in [0.15, 0.2) is 0 Å². The summed E-state index contributed by atoms with van der Waals surface area (Å²) in [6, 6.07) is 16.9. The molecule has 30 heavy (non-hydrogen) atoms. The molecule has 0 unspecified atom stereocenters. The molecule has 2 heterocycles. The standard InChI is InChI=1S/C23H22N4O2S/c1-15-8-9-19(13-16(15)2)30-22-20(7-4-10-24-22)21(28)26-17-5-3-6-18(14-17)27-12-11-25-23(27)29/h3-10,13-14H,11-12H2,1-2H3,(H,25,29)(H,26,28). The average Bonchev–Trinajstić information content (AvgIpc) is 3.17.